The third-order valence-electron chi connectivity index (χ3n) is 9.22. The van der Waals surface area contributed by atoms with Crippen molar-refractivity contribution in [2.75, 3.05) is 25.5 Å². The Bertz CT molecular complexity index is 1220. The Balaban J connectivity index is 1.20. The molecule has 1 saturated heterocycles. The van der Waals surface area contributed by atoms with Crippen LogP contribution >= 0.6 is 11.3 Å². The number of benzene rings is 2. The monoisotopic (exact) mass is 473 g/mol. The van der Waals surface area contributed by atoms with Gasteiger partial charge in [-0.05, 0) is 97.9 Å². The van der Waals surface area contributed by atoms with Gasteiger partial charge in [0.25, 0.3) is 0 Å². The zero-order chi connectivity index (χ0) is 22.7. The van der Waals surface area contributed by atoms with E-state index in [0.717, 1.165) is 35.3 Å². The van der Waals surface area contributed by atoms with Crippen molar-refractivity contribution >= 4 is 26.7 Å². The lowest BCUT2D eigenvalue weighted by Gasteiger charge is -2.59. The largest absolute Gasteiger partial charge is 0.497 e. The lowest BCUT2D eigenvalue weighted by molar-refractivity contribution is -0.0132. The number of nitrogens with one attached hydrogen (secondary N) is 1. The van der Waals surface area contributed by atoms with Crippen molar-refractivity contribution in [2.24, 2.45) is 11.8 Å². The topological polar surface area (TPSA) is 37.4 Å². The van der Waals surface area contributed by atoms with Crippen molar-refractivity contribution in [3.63, 3.8) is 0 Å². The van der Waals surface area contributed by atoms with Gasteiger partial charge in [-0.25, -0.2) is 4.98 Å². The molecular formula is C29H35N3OS. The summed E-state index contributed by atoms with van der Waals surface area (Å²) in [6.07, 6.45) is 11.1. The molecule has 0 amide bonds. The molecule has 0 spiro atoms. The number of hydrogen-bond donors (Lipinski definition) is 1. The van der Waals surface area contributed by atoms with Crippen molar-refractivity contribution in [1.29, 1.82) is 0 Å². The van der Waals surface area contributed by atoms with Gasteiger partial charge in [0.05, 0.1) is 17.3 Å². The number of piperidine rings is 1. The zero-order valence-electron chi connectivity index (χ0n) is 20.2. The number of rotatable bonds is 6. The van der Waals surface area contributed by atoms with E-state index >= 15 is 0 Å². The number of fused-ring (bicyclic) bond motifs is 2. The first-order valence-corrected chi connectivity index (χ1v) is 14.1. The maximum Gasteiger partial charge on any atom is 0.184 e. The molecule has 3 aromatic rings. The molecule has 34 heavy (non-hydrogen) atoms. The van der Waals surface area contributed by atoms with Gasteiger partial charge in [0.15, 0.2) is 5.13 Å². The lowest BCUT2D eigenvalue weighted by Crippen LogP contribution is -2.61. The standard InChI is InChI=1S/C29H35N3OS/c1-33-22-6-4-5-20(13-22)17-30-28-31-25-16-24-21(15-27(25)34-28)14-26-23-7-2-3-10-29(23,24)11-12-32(26)18-19-8-9-19/h4-6,13,15-16,19,23,26H,2-3,7-12,14,17-18H2,1H3,(H,30,31)/t23-,26+,29+/m0/s1. The van der Waals surface area contributed by atoms with E-state index in [4.69, 9.17) is 9.72 Å². The van der Waals surface area contributed by atoms with Crippen LogP contribution in [0, 0.1) is 11.8 Å². The first-order valence-electron chi connectivity index (χ1n) is 13.3. The van der Waals surface area contributed by atoms with E-state index in [2.05, 4.69) is 34.5 Å². The predicted molar refractivity (Wildman–Crippen MR) is 140 cm³/mol. The summed E-state index contributed by atoms with van der Waals surface area (Å²) in [5.74, 6) is 2.74. The Kier molecular flexibility index (Phi) is 5.13. The summed E-state index contributed by atoms with van der Waals surface area (Å²) in [6.45, 7) is 3.42. The predicted octanol–water partition coefficient (Wildman–Crippen LogP) is 6.39. The van der Waals surface area contributed by atoms with E-state index in [1.165, 1.54) is 80.2 Å². The van der Waals surface area contributed by atoms with Gasteiger partial charge >= 0.3 is 0 Å². The van der Waals surface area contributed by atoms with Crippen LogP contribution in [-0.2, 0) is 18.4 Å². The van der Waals surface area contributed by atoms with Gasteiger partial charge in [0.1, 0.15) is 5.75 Å². The van der Waals surface area contributed by atoms with Crippen molar-refractivity contribution < 1.29 is 4.74 Å². The smallest absolute Gasteiger partial charge is 0.184 e. The third-order valence-corrected chi connectivity index (χ3v) is 10.2. The molecule has 2 aromatic carbocycles. The van der Waals surface area contributed by atoms with E-state index in [-0.39, 0.29) is 0 Å². The number of thiazole rings is 1. The Hall–Kier alpha value is -2.11. The highest BCUT2D eigenvalue weighted by molar-refractivity contribution is 7.22. The molecule has 5 heteroatoms. The molecule has 4 nitrogen and oxygen atoms in total. The van der Waals surface area contributed by atoms with Crippen molar-refractivity contribution in [1.82, 2.24) is 9.88 Å². The van der Waals surface area contributed by atoms with Crippen LogP contribution in [0.2, 0.25) is 0 Å². The van der Waals surface area contributed by atoms with Gasteiger partial charge in [-0.2, -0.15) is 0 Å². The minimum absolute atomic E-state index is 0.405. The molecule has 1 aliphatic heterocycles. The molecule has 0 unspecified atom stereocenters. The van der Waals surface area contributed by atoms with Crippen LogP contribution in [0.15, 0.2) is 36.4 Å². The number of methoxy groups -OCH3 is 1. The summed E-state index contributed by atoms with van der Waals surface area (Å²) < 4.78 is 6.71. The van der Waals surface area contributed by atoms with Crippen LogP contribution in [0.25, 0.3) is 10.2 Å². The van der Waals surface area contributed by atoms with Crippen molar-refractivity contribution in [3.05, 3.63) is 53.1 Å². The summed E-state index contributed by atoms with van der Waals surface area (Å²) in [5.41, 5.74) is 6.10. The highest BCUT2D eigenvalue weighted by Gasteiger charge is 2.54. The van der Waals surface area contributed by atoms with Crippen LogP contribution in [0.4, 0.5) is 5.13 Å². The molecule has 1 aromatic heterocycles. The summed E-state index contributed by atoms with van der Waals surface area (Å²) >= 11 is 1.81. The Morgan fingerprint density at radius 1 is 1.15 bits per heavy atom. The molecule has 7 rings (SSSR count). The van der Waals surface area contributed by atoms with Crippen LogP contribution in [-0.4, -0.2) is 36.1 Å². The summed E-state index contributed by atoms with van der Waals surface area (Å²) in [6, 6.07) is 14.0. The van der Waals surface area contributed by atoms with Crippen LogP contribution in [0.3, 0.4) is 0 Å². The van der Waals surface area contributed by atoms with Gasteiger partial charge in [0.2, 0.25) is 0 Å². The van der Waals surface area contributed by atoms with Gasteiger partial charge in [-0.3, -0.25) is 4.90 Å². The Morgan fingerprint density at radius 3 is 2.97 bits per heavy atom. The summed E-state index contributed by atoms with van der Waals surface area (Å²) in [4.78, 5) is 7.96. The van der Waals surface area contributed by atoms with Gasteiger partial charge < -0.3 is 10.1 Å². The molecule has 2 bridgehead atoms. The highest BCUT2D eigenvalue weighted by atomic mass is 32.1. The third kappa shape index (κ3) is 3.54. The first-order chi connectivity index (χ1) is 16.7. The molecule has 1 N–H and O–H groups in total. The molecule has 2 heterocycles. The second kappa shape index (κ2) is 8.23. The van der Waals surface area contributed by atoms with E-state index in [9.17, 15) is 0 Å². The van der Waals surface area contributed by atoms with Gasteiger partial charge in [-0.1, -0.05) is 36.3 Å². The molecule has 2 saturated carbocycles. The summed E-state index contributed by atoms with van der Waals surface area (Å²) in [5, 5.41) is 4.60. The second-order valence-electron chi connectivity index (χ2n) is 11.2. The quantitative estimate of drug-likeness (QED) is 0.450. The number of aromatic nitrogens is 1. The normalized spacial score (nSPS) is 28.4. The maximum absolute atomic E-state index is 5.38. The van der Waals surface area contributed by atoms with E-state index in [1.807, 2.05) is 23.5 Å². The zero-order valence-corrected chi connectivity index (χ0v) is 21.0. The number of ether oxygens (including phenoxy) is 1. The minimum atomic E-state index is 0.405. The van der Waals surface area contributed by atoms with Crippen LogP contribution in [0.5, 0.6) is 5.75 Å². The van der Waals surface area contributed by atoms with E-state index in [0.29, 0.717) is 5.41 Å². The van der Waals surface area contributed by atoms with Crippen LogP contribution < -0.4 is 10.1 Å². The fourth-order valence-electron chi connectivity index (χ4n) is 7.41. The second-order valence-corrected chi connectivity index (χ2v) is 12.2. The Labute approximate surface area is 206 Å². The number of likely N-dealkylation sites (tertiary alicyclic amines) is 1. The van der Waals surface area contributed by atoms with Crippen molar-refractivity contribution in [3.8, 4) is 5.75 Å². The SMILES string of the molecule is COc1cccc(CNc2nc3cc4c(cc3s2)C[C@@H]2[C@@H]3CCCC[C@]43CCN2CC2CC2)c1. The van der Waals surface area contributed by atoms with E-state index < -0.39 is 0 Å². The molecule has 3 fully saturated rings. The summed E-state index contributed by atoms with van der Waals surface area (Å²) in [7, 11) is 1.72. The van der Waals surface area contributed by atoms with Crippen molar-refractivity contribution in [2.45, 2.75) is 69.4 Å². The number of hydrogen-bond acceptors (Lipinski definition) is 5. The van der Waals surface area contributed by atoms with Gasteiger partial charge in [-0.15, -0.1) is 0 Å². The average Bonchev–Trinajstić information content (AvgIpc) is 3.60. The molecule has 0 radical (unpaired) electrons. The van der Waals surface area contributed by atoms with E-state index in [1.54, 1.807) is 18.2 Å². The van der Waals surface area contributed by atoms with Crippen LogP contribution in [0.1, 0.15) is 61.6 Å². The highest BCUT2D eigenvalue weighted by Crippen LogP contribution is 2.56. The molecule has 4 aliphatic rings. The maximum atomic E-state index is 5.38. The lowest BCUT2D eigenvalue weighted by atomic mass is 9.52. The minimum Gasteiger partial charge on any atom is -0.497 e. The molecular weight excluding hydrogens is 438 g/mol. The molecule has 3 atom stereocenters. The van der Waals surface area contributed by atoms with Gasteiger partial charge in [0, 0.05) is 24.5 Å². The average molecular weight is 474 g/mol. The number of anilines is 1. The molecule has 178 valence electrons. The first kappa shape index (κ1) is 21.2. The fraction of sp³-hybridized carbons (Fsp3) is 0.552. The molecule has 3 aliphatic carbocycles. The number of nitrogens with zero attached hydrogens (tertiary/aromatic N) is 2. The fourth-order valence-corrected chi connectivity index (χ4v) is 8.32. The Morgan fingerprint density at radius 2 is 2.09 bits per heavy atom.